The predicted molar refractivity (Wildman–Crippen MR) is 120 cm³/mol. The largest absolute Gasteiger partial charge is 0.288 e. The average molecular weight is 422 g/mol. The first-order chi connectivity index (χ1) is 13.8. The van der Waals surface area contributed by atoms with Gasteiger partial charge in [-0.25, -0.2) is 13.6 Å². The molecule has 4 nitrogen and oxygen atoms in total. The highest BCUT2D eigenvalue weighted by Gasteiger charge is 2.18. The number of nitrogens with two attached hydrogens (primary N) is 1. The van der Waals surface area contributed by atoms with Crippen LogP contribution in [0.4, 0.5) is 0 Å². The summed E-state index contributed by atoms with van der Waals surface area (Å²) in [6, 6.07) is 19.9. The molecule has 0 radical (unpaired) electrons. The zero-order chi connectivity index (χ0) is 20.8. The van der Waals surface area contributed by atoms with Gasteiger partial charge >= 0.3 is 0 Å². The van der Waals surface area contributed by atoms with Crippen LogP contribution in [0, 0.1) is 13.8 Å². The normalized spacial score (nSPS) is 11.7. The molecule has 2 N–H and O–H groups in total. The highest BCUT2D eigenvalue weighted by atomic mass is 32.2. The second-order valence-corrected chi connectivity index (χ2v) is 9.63. The van der Waals surface area contributed by atoms with E-state index in [0.717, 1.165) is 31.8 Å². The standard InChI is InChI=1S/C23H19NO3S2/c1-14-7-12-18(15(2)13-14)21-22(25)19-5-3-4-6-20(19)28-23(21)16-8-10-17(11-9-16)29(24,26)27/h3-13H,1-2H3,(H2,24,26,27). The molecule has 0 aliphatic heterocycles. The van der Waals surface area contributed by atoms with Crippen molar-refractivity contribution < 1.29 is 8.42 Å². The van der Waals surface area contributed by atoms with Crippen molar-refractivity contribution in [2.24, 2.45) is 5.14 Å². The van der Waals surface area contributed by atoms with Crippen molar-refractivity contribution in [1.29, 1.82) is 0 Å². The van der Waals surface area contributed by atoms with Gasteiger partial charge in [0.05, 0.1) is 4.90 Å². The average Bonchev–Trinajstić information content (AvgIpc) is 2.68. The Kier molecular flexibility index (Phi) is 4.86. The smallest absolute Gasteiger partial charge is 0.238 e. The second kappa shape index (κ2) is 7.22. The fraction of sp³-hybridized carbons (Fsp3) is 0.0870. The Hall–Kier alpha value is -2.80. The summed E-state index contributed by atoms with van der Waals surface area (Å²) in [4.78, 5) is 14.3. The van der Waals surface area contributed by atoms with E-state index in [0.29, 0.717) is 10.9 Å². The number of primary sulfonamides is 1. The van der Waals surface area contributed by atoms with Crippen LogP contribution in [-0.2, 0) is 10.0 Å². The minimum Gasteiger partial charge on any atom is -0.288 e. The van der Waals surface area contributed by atoms with E-state index in [2.05, 4.69) is 6.07 Å². The maximum atomic E-state index is 13.5. The van der Waals surface area contributed by atoms with Crippen molar-refractivity contribution in [3.05, 3.63) is 88.1 Å². The second-order valence-electron chi connectivity index (χ2n) is 7.02. The lowest BCUT2D eigenvalue weighted by atomic mass is 9.95. The predicted octanol–water partition coefficient (Wildman–Crippen LogP) is 4.86. The minimum absolute atomic E-state index is 0.0307. The lowest BCUT2D eigenvalue weighted by molar-refractivity contribution is 0.598. The zero-order valence-corrected chi connectivity index (χ0v) is 17.6. The van der Waals surface area contributed by atoms with Gasteiger partial charge in [-0.2, -0.15) is 0 Å². The topological polar surface area (TPSA) is 77.2 Å². The highest BCUT2D eigenvalue weighted by molar-refractivity contribution is 7.89. The third-order valence-electron chi connectivity index (χ3n) is 4.89. The van der Waals surface area contributed by atoms with Gasteiger partial charge in [-0.15, -0.1) is 11.3 Å². The number of benzene rings is 3. The molecule has 1 heterocycles. The molecule has 0 atom stereocenters. The summed E-state index contributed by atoms with van der Waals surface area (Å²) in [7, 11) is -3.78. The van der Waals surface area contributed by atoms with Crippen molar-refractivity contribution in [3.8, 4) is 21.6 Å². The Balaban J connectivity index is 2.06. The van der Waals surface area contributed by atoms with Gasteiger partial charge in [0.1, 0.15) is 0 Å². The van der Waals surface area contributed by atoms with Crippen molar-refractivity contribution >= 4 is 31.4 Å². The van der Waals surface area contributed by atoms with Crippen LogP contribution in [0.3, 0.4) is 0 Å². The fourth-order valence-corrected chi connectivity index (χ4v) is 5.19. The number of aryl methyl sites for hydroxylation is 2. The third kappa shape index (κ3) is 3.62. The van der Waals surface area contributed by atoms with Crippen LogP contribution in [0.15, 0.2) is 76.4 Å². The van der Waals surface area contributed by atoms with E-state index in [1.54, 1.807) is 12.1 Å². The summed E-state index contributed by atoms with van der Waals surface area (Å²) in [6.07, 6.45) is 0. The van der Waals surface area contributed by atoms with E-state index in [9.17, 15) is 13.2 Å². The molecule has 0 saturated heterocycles. The molecule has 4 rings (SSSR count). The van der Waals surface area contributed by atoms with E-state index in [-0.39, 0.29) is 10.3 Å². The van der Waals surface area contributed by atoms with Gasteiger partial charge in [0.2, 0.25) is 10.0 Å². The van der Waals surface area contributed by atoms with Crippen molar-refractivity contribution in [2.45, 2.75) is 18.7 Å². The molecule has 0 spiro atoms. The summed E-state index contributed by atoms with van der Waals surface area (Å²) >= 11 is 1.52. The van der Waals surface area contributed by atoms with Gasteiger partial charge in [-0.05, 0) is 54.8 Å². The van der Waals surface area contributed by atoms with Crippen molar-refractivity contribution in [1.82, 2.24) is 0 Å². The van der Waals surface area contributed by atoms with Gasteiger partial charge in [0.25, 0.3) is 0 Å². The molecular weight excluding hydrogens is 402 g/mol. The van der Waals surface area contributed by atoms with Crippen LogP contribution in [-0.4, -0.2) is 8.42 Å². The highest BCUT2D eigenvalue weighted by Crippen LogP contribution is 2.38. The number of hydrogen-bond donors (Lipinski definition) is 1. The van der Waals surface area contributed by atoms with E-state index in [1.165, 1.54) is 23.5 Å². The van der Waals surface area contributed by atoms with Gasteiger partial charge < -0.3 is 0 Å². The molecule has 29 heavy (non-hydrogen) atoms. The lowest BCUT2D eigenvalue weighted by Crippen LogP contribution is -2.11. The van der Waals surface area contributed by atoms with Gasteiger partial charge in [0.15, 0.2) is 5.43 Å². The molecule has 146 valence electrons. The van der Waals surface area contributed by atoms with E-state index in [1.807, 2.05) is 50.2 Å². The first-order valence-corrected chi connectivity index (χ1v) is 11.4. The minimum atomic E-state index is -3.78. The maximum absolute atomic E-state index is 13.5. The fourth-order valence-electron chi connectivity index (χ4n) is 3.48. The molecule has 6 heteroatoms. The number of fused-ring (bicyclic) bond motifs is 1. The monoisotopic (exact) mass is 421 g/mol. The van der Waals surface area contributed by atoms with Crippen LogP contribution in [0.5, 0.6) is 0 Å². The first-order valence-electron chi connectivity index (χ1n) is 9.02. The third-order valence-corrected chi connectivity index (χ3v) is 7.04. The van der Waals surface area contributed by atoms with Crippen molar-refractivity contribution in [3.63, 3.8) is 0 Å². The summed E-state index contributed by atoms with van der Waals surface area (Å²) in [6.45, 7) is 4.01. The molecule has 0 saturated carbocycles. The Morgan fingerprint density at radius 3 is 2.24 bits per heavy atom. The Bertz CT molecular complexity index is 1400. The van der Waals surface area contributed by atoms with Crippen molar-refractivity contribution in [2.75, 3.05) is 0 Å². The molecule has 0 aliphatic rings. The first kappa shape index (κ1) is 19.5. The van der Waals surface area contributed by atoms with Crippen LogP contribution in [0.25, 0.3) is 31.7 Å². The summed E-state index contributed by atoms with van der Waals surface area (Å²) < 4.78 is 24.1. The Morgan fingerprint density at radius 1 is 0.897 bits per heavy atom. The molecule has 0 amide bonds. The molecule has 0 bridgehead atoms. The van der Waals surface area contributed by atoms with Crippen LogP contribution < -0.4 is 10.6 Å². The lowest BCUT2D eigenvalue weighted by Gasteiger charge is -2.14. The Morgan fingerprint density at radius 2 is 1.59 bits per heavy atom. The van der Waals surface area contributed by atoms with Crippen LogP contribution in [0.1, 0.15) is 11.1 Å². The van der Waals surface area contributed by atoms with Crippen LogP contribution in [0.2, 0.25) is 0 Å². The number of sulfonamides is 1. The van der Waals surface area contributed by atoms with Gasteiger partial charge in [-0.3, -0.25) is 4.79 Å². The van der Waals surface area contributed by atoms with Gasteiger partial charge in [-0.1, -0.05) is 48.0 Å². The van der Waals surface area contributed by atoms with E-state index >= 15 is 0 Å². The molecule has 3 aromatic carbocycles. The van der Waals surface area contributed by atoms with Gasteiger partial charge in [0, 0.05) is 20.5 Å². The molecule has 0 aliphatic carbocycles. The molecular formula is C23H19NO3S2. The number of hydrogen-bond acceptors (Lipinski definition) is 4. The summed E-state index contributed by atoms with van der Waals surface area (Å²) in [5.41, 5.74) is 4.41. The zero-order valence-electron chi connectivity index (χ0n) is 16.0. The number of rotatable bonds is 3. The molecule has 0 unspecified atom stereocenters. The molecule has 0 fully saturated rings. The molecule has 1 aromatic heterocycles. The summed E-state index contributed by atoms with van der Waals surface area (Å²) in [5, 5.41) is 5.90. The SMILES string of the molecule is Cc1ccc(-c2c(-c3ccc(S(N)(=O)=O)cc3)sc3ccccc3c2=O)c(C)c1. The Labute approximate surface area is 173 Å². The van der Waals surface area contributed by atoms with Crippen LogP contribution >= 0.6 is 11.3 Å². The quantitative estimate of drug-likeness (QED) is 0.513. The summed E-state index contributed by atoms with van der Waals surface area (Å²) in [5.74, 6) is 0. The van der Waals surface area contributed by atoms with E-state index < -0.39 is 10.0 Å². The molecule has 4 aromatic rings. The van der Waals surface area contributed by atoms with E-state index in [4.69, 9.17) is 5.14 Å². The maximum Gasteiger partial charge on any atom is 0.238 e.